The zero-order valence-electron chi connectivity index (χ0n) is 21.8. The predicted molar refractivity (Wildman–Crippen MR) is 145 cm³/mol. The fraction of sp³-hybridized carbons (Fsp3) is 0.407. The van der Waals surface area contributed by atoms with E-state index in [-0.39, 0.29) is 22.7 Å². The Morgan fingerprint density at radius 3 is 2.33 bits per heavy atom. The lowest BCUT2D eigenvalue weighted by Crippen LogP contribution is -2.48. The van der Waals surface area contributed by atoms with Crippen LogP contribution in [0.4, 0.5) is 35.1 Å². The fourth-order valence-corrected chi connectivity index (χ4v) is 5.27. The molecular formula is C27H28ClF4N7O. The molecule has 0 radical (unpaired) electrons. The Morgan fingerprint density at radius 2 is 1.68 bits per heavy atom. The van der Waals surface area contributed by atoms with Gasteiger partial charge in [0.2, 0.25) is 11.9 Å². The Labute approximate surface area is 234 Å². The zero-order valence-corrected chi connectivity index (χ0v) is 22.5. The van der Waals surface area contributed by atoms with Crippen LogP contribution in [0.3, 0.4) is 0 Å². The number of nitrogens with zero attached hydrogens (tertiary/aromatic N) is 6. The molecule has 0 saturated carbocycles. The summed E-state index contributed by atoms with van der Waals surface area (Å²) in [5, 5.41) is 2.67. The van der Waals surface area contributed by atoms with Crippen molar-refractivity contribution in [3.05, 3.63) is 59.0 Å². The average molecular weight is 578 g/mol. The highest BCUT2D eigenvalue weighted by Gasteiger charge is 2.36. The highest BCUT2D eigenvalue weighted by molar-refractivity contribution is 6.31. The number of aromatic nitrogens is 3. The number of nitrogens with one attached hydrogen (secondary N) is 1. The number of carbonyl (C=O) groups is 1. The number of hydrogen-bond acceptors (Lipinski definition) is 7. The summed E-state index contributed by atoms with van der Waals surface area (Å²) in [7, 11) is 1.62. The van der Waals surface area contributed by atoms with E-state index in [0.29, 0.717) is 75.1 Å². The van der Waals surface area contributed by atoms with Gasteiger partial charge in [-0.2, -0.15) is 18.2 Å². The van der Waals surface area contributed by atoms with Gasteiger partial charge in [0, 0.05) is 70.1 Å². The largest absolute Gasteiger partial charge is 0.419 e. The van der Waals surface area contributed by atoms with E-state index in [0.717, 1.165) is 6.07 Å². The van der Waals surface area contributed by atoms with Gasteiger partial charge in [0.15, 0.2) is 0 Å². The van der Waals surface area contributed by atoms with Crippen LogP contribution in [0.2, 0.25) is 5.02 Å². The van der Waals surface area contributed by atoms with E-state index >= 15 is 0 Å². The van der Waals surface area contributed by atoms with Gasteiger partial charge in [0.25, 0.3) is 0 Å². The molecule has 8 nitrogen and oxygen atoms in total. The van der Waals surface area contributed by atoms with Gasteiger partial charge < -0.3 is 20.0 Å². The molecule has 0 atom stereocenters. The third-order valence-corrected chi connectivity index (χ3v) is 7.60. The summed E-state index contributed by atoms with van der Waals surface area (Å²) in [6.45, 7) is 2.61. The minimum atomic E-state index is -4.50. The Morgan fingerprint density at radius 1 is 0.975 bits per heavy atom. The molecule has 3 aromatic rings. The van der Waals surface area contributed by atoms with Gasteiger partial charge in [-0.15, -0.1) is 0 Å². The van der Waals surface area contributed by atoms with Crippen molar-refractivity contribution in [3.63, 3.8) is 0 Å². The molecule has 1 N–H and O–H groups in total. The van der Waals surface area contributed by atoms with Crippen molar-refractivity contribution in [1.29, 1.82) is 0 Å². The van der Waals surface area contributed by atoms with Gasteiger partial charge in [0.05, 0.1) is 16.3 Å². The van der Waals surface area contributed by atoms with E-state index in [1.165, 1.54) is 24.4 Å². The SMILES string of the molecule is CNC(=O)C1CCN(c2nc(-c3ccc(F)c(Cl)c3)cc(N3CCN(c4ncccc4C(F)(F)F)CC3)n2)CC1. The maximum atomic E-state index is 13.9. The van der Waals surface area contributed by atoms with Crippen molar-refractivity contribution < 1.29 is 22.4 Å². The molecule has 4 heterocycles. The minimum Gasteiger partial charge on any atom is -0.359 e. The number of hydrogen-bond donors (Lipinski definition) is 1. The van der Waals surface area contributed by atoms with Gasteiger partial charge >= 0.3 is 6.18 Å². The number of pyridine rings is 1. The van der Waals surface area contributed by atoms with Gasteiger partial charge in [-0.25, -0.2) is 14.4 Å². The molecular weight excluding hydrogens is 550 g/mol. The van der Waals surface area contributed by atoms with Crippen LogP contribution in [0.15, 0.2) is 42.6 Å². The second kappa shape index (κ2) is 11.4. The normalized spacial score (nSPS) is 16.8. The first-order valence-corrected chi connectivity index (χ1v) is 13.3. The lowest BCUT2D eigenvalue weighted by atomic mass is 9.96. The van der Waals surface area contributed by atoms with E-state index in [2.05, 4.69) is 10.3 Å². The maximum absolute atomic E-state index is 13.9. The molecule has 40 heavy (non-hydrogen) atoms. The Balaban J connectivity index is 1.41. The number of amides is 1. The number of carbonyl (C=O) groups excluding carboxylic acids is 1. The highest BCUT2D eigenvalue weighted by Crippen LogP contribution is 2.36. The summed E-state index contributed by atoms with van der Waals surface area (Å²) in [5.74, 6) is 0.371. The van der Waals surface area contributed by atoms with Crippen LogP contribution in [0, 0.1) is 11.7 Å². The second-order valence-corrected chi connectivity index (χ2v) is 10.2. The molecule has 1 aromatic carbocycles. The van der Waals surface area contributed by atoms with Crippen LogP contribution in [0.5, 0.6) is 0 Å². The summed E-state index contributed by atoms with van der Waals surface area (Å²) >= 11 is 6.05. The molecule has 2 aliphatic rings. The molecule has 0 spiro atoms. The van der Waals surface area contributed by atoms with Gasteiger partial charge in [0.1, 0.15) is 17.5 Å². The van der Waals surface area contributed by atoms with Crippen molar-refractivity contribution in [2.24, 2.45) is 5.92 Å². The first kappa shape index (κ1) is 27.9. The van der Waals surface area contributed by atoms with Crippen LogP contribution in [-0.2, 0) is 11.0 Å². The topological polar surface area (TPSA) is 77.5 Å². The molecule has 2 aromatic heterocycles. The smallest absolute Gasteiger partial charge is 0.359 e. The van der Waals surface area contributed by atoms with E-state index in [4.69, 9.17) is 21.6 Å². The number of halogens is 5. The number of anilines is 3. The molecule has 212 valence electrons. The molecule has 5 rings (SSSR count). The van der Waals surface area contributed by atoms with Crippen molar-refractivity contribution in [2.45, 2.75) is 19.0 Å². The molecule has 0 aliphatic carbocycles. The molecule has 0 bridgehead atoms. The molecule has 13 heteroatoms. The zero-order chi connectivity index (χ0) is 28.4. The fourth-order valence-electron chi connectivity index (χ4n) is 5.09. The van der Waals surface area contributed by atoms with Crippen LogP contribution in [0.25, 0.3) is 11.3 Å². The summed E-state index contributed by atoms with van der Waals surface area (Å²) in [6.07, 6.45) is -1.84. The number of piperazine rings is 1. The first-order chi connectivity index (χ1) is 19.1. The van der Waals surface area contributed by atoms with E-state index in [1.807, 2.05) is 9.80 Å². The van der Waals surface area contributed by atoms with Crippen molar-refractivity contribution in [1.82, 2.24) is 20.3 Å². The van der Waals surface area contributed by atoms with E-state index in [9.17, 15) is 22.4 Å². The number of alkyl halides is 3. The minimum absolute atomic E-state index is 0.00965. The summed E-state index contributed by atoms with van der Waals surface area (Å²) in [6, 6.07) is 8.47. The van der Waals surface area contributed by atoms with Crippen molar-refractivity contribution in [2.75, 3.05) is 61.0 Å². The van der Waals surface area contributed by atoms with Crippen LogP contribution >= 0.6 is 11.6 Å². The van der Waals surface area contributed by atoms with Gasteiger partial charge in [-0.3, -0.25) is 4.79 Å². The van der Waals surface area contributed by atoms with Gasteiger partial charge in [-0.1, -0.05) is 11.6 Å². The summed E-state index contributed by atoms with van der Waals surface area (Å²) in [5.41, 5.74) is 0.392. The number of piperidine rings is 1. The van der Waals surface area contributed by atoms with Gasteiger partial charge in [-0.05, 0) is 43.2 Å². The van der Waals surface area contributed by atoms with Crippen LogP contribution in [0.1, 0.15) is 18.4 Å². The lowest BCUT2D eigenvalue weighted by molar-refractivity contribution is -0.137. The van der Waals surface area contributed by atoms with E-state index < -0.39 is 17.6 Å². The lowest BCUT2D eigenvalue weighted by Gasteiger charge is -2.37. The third-order valence-electron chi connectivity index (χ3n) is 7.31. The number of rotatable bonds is 5. The second-order valence-electron chi connectivity index (χ2n) is 9.76. The van der Waals surface area contributed by atoms with Crippen LogP contribution < -0.4 is 20.0 Å². The Hall–Kier alpha value is -3.67. The molecule has 2 saturated heterocycles. The van der Waals surface area contributed by atoms with Crippen molar-refractivity contribution >= 4 is 35.1 Å². The monoisotopic (exact) mass is 577 g/mol. The van der Waals surface area contributed by atoms with E-state index in [1.54, 1.807) is 24.1 Å². The Bertz CT molecular complexity index is 1370. The molecule has 0 unspecified atom stereocenters. The quantitative estimate of drug-likeness (QED) is 0.443. The Kier molecular flexibility index (Phi) is 7.97. The van der Waals surface area contributed by atoms with Crippen LogP contribution in [-0.4, -0.2) is 67.2 Å². The molecule has 2 fully saturated rings. The first-order valence-electron chi connectivity index (χ1n) is 13.0. The van der Waals surface area contributed by atoms with Crippen molar-refractivity contribution in [3.8, 4) is 11.3 Å². The number of benzene rings is 1. The summed E-state index contributed by atoms with van der Waals surface area (Å²) < 4.78 is 54.6. The summed E-state index contributed by atoms with van der Waals surface area (Å²) in [4.78, 5) is 31.3. The predicted octanol–water partition coefficient (Wildman–Crippen LogP) is 4.64. The third kappa shape index (κ3) is 5.91. The highest BCUT2D eigenvalue weighted by atomic mass is 35.5. The standard InChI is InChI=1S/C27H28ClF4N7O/c1-33-25(40)17-6-9-39(10-7-17)26-35-22(18-4-5-21(29)20(28)15-18)16-23(36-26)37-11-13-38(14-12-37)24-19(27(30,31)32)3-2-8-34-24/h2-5,8,15-17H,6-7,9-14H2,1H3,(H,33,40). The molecule has 1 amide bonds. The average Bonchev–Trinajstić information content (AvgIpc) is 2.97. The molecule has 2 aliphatic heterocycles. The maximum Gasteiger partial charge on any atom is 0.419 e.